The Morgan fingerprint density at radius 1 is 1.57 bits per heavy atom. The maximum absolute atomic E-state index is 12.0. The number of benzene rings is 1. The van der Waals surface area contributed by atoms with Gasteiger partial charge in [-0.3, -0.25) is 4.90 Å². The van der Waals surface area contributed by atoms with Crippen LogP contribution < -0.4 is 15.0 Å². The summed E-state index contributed by atoms with van der Waals surface area (Å²) in [5, 5.41) is 12.2. The molecule has 0 saturated heterocycles. The third-order valence-electron chi connectivity index (χ3n) is 4.84. The van der Waals surface area contributed by atoms with E-state index in [9.17, 15) is 9.90 Å². The molecule has 2 aliphatic rings. The van der Waals surface area contributed by atoms with Crippen LogP contribution in [0.5, 0.6) is 5.75 Å². The number of ether oxygens (including phenoxy) is 1. The summed E-state index contributed by atoms with van der Waals surface area (Å²) in [5.41, 5.74) is 2.08. The van der Waals surface area contributed by atoms with Crippen LogP contribution in [0.15, 0.2) is 18.2 Å². The molecule has 1 saturated carbocycles. The lowest BCUT2D eigenvalue weighted by Crippen LogP contribution is -2.38. The van der Waals surface area contributed by atoms with Gasteiger partial charge in [-0.2, -0.15) is 0 Å². The van der Waals surface area contributed by atoms with Gasteiger partial charge in [0.25, 0.3) is 0 Å². The molecule has 0 bridgehead atoms. The number of nitrogens with zero attached hydrogens (tertiary/aromatic N) is 1. The molecule has 2 unspecified atom stereocenters. The predicted molar refractivity (Wildman–Crippen MR) is 80.9 cm³/mol. The number of amides is 2. The van der Waals surface area contributed by atoms with Crippen molar-refractivity contribution >= 4 is 11.7 Å². The van der Waals surface area contributed by atoms with E-state index >= 15 is 0 Å². The fourth-order valence-corrected chi connectivity index (χ4v) is 3.51. The molecule has 2 amide bonds. The second kappa shape index (κ2) is 5.22. The summed E-state index contributed by atoms with van der Waals surface area (Å²) in [6, 6.07) is 5.82. The molecule has 5 nitrogen and oxygen atoms in total. The van der Waals surface area contributed by atoms with Crippen molar-refractivity contribution in [3.05, 3.63) is 23.8 Å². The lowest BCUT2D eigenvalue weighted by atomic mass is 9.87. The first-order chi connectivity index (χ1) is 10.2. The summed E-state index contributed by atoms with van der Waals surface area (Å²) in [6.45, 7) is 3.48. The highest BCUT2D eigenvalue weighted by Gasteiger charge is 2.57. The number of urea groups is 1. The quantitative estimate of drug-likeness (QED) is 0.893. The van der Waals surface area contributed by atoms with Crippen molar-refractivity contribution in [1.29, 1.82) is 0 Å². The van der Waals surface area contributed by atoms with Crippen LogP contribution in [-0.4, -0.2) is 37.9 Å². The maximum Gasteiger partial charge on any atom is 0.321 e. The van der Waals surface area contributed by atoms with Crippen molar-refractivity contribution in [2.45, 2.75) is 25.2 Å². The summed E-state index contributed by atoms with van der Waals surface area (Å²) in [5.74, 6) is 1.22. The molecule has 21 heavy (non-hydrogen) atoms. The van der Waals surface area contributed by atoms with Crippen molar-refractivity contribution in [3.8, 4) is 5.75 Å². The molecule has 2 N–H and O–H groups in total. The number of hydrogen-bond acceptors (Lipinski definition) is 3. The average molecular weight is 290 g/mol. The molecule has 1 aliphatic heterocycles. The van der Waals surface area contributed by atoms with Crippen LogP contribution in [0.3, 0.4) is 0 Å². The van der Waals surface area contributed by atoms with Crippen LogP contribution in [0, 0.1) is 5.92 Å². The van der Waals surface area contributed by atoms with Gasteiger partial charge in [-0.05, 0) is 43.9 Å². The molecule has 1 aliphatic carbocycles. The van der Waals surface area contributed by atoms with Gasteiger partial charge < -0.3 is 15.2 Å². The van der Waals surface area contributed by atoms with E-state index in [0.29, 0.717) is 19.1 Å². The van der Waals surface area contributed by atoms with Gasteiger partial charge in [0, 0.05) is 36.9 Å². The zero-order valence-electron chi connectivity index (χ0n) is 12.6. The van der Waals surface area contributed by atoms with Crippen molar-refractivity contribution in [2.75, 3.05) is 31.7 Å². The number of aliphatic hydroxyl groups excluding tert-OH is 1. The molecule has 1 aromatic carbocycles. The first-order valence-electron chi connectivity index (χ1n) is 7.53. The molecule has 5 heteroatoms. The standard InChI is InChI=1S/C16H22N2O3/c1-3-18(15(20)17-2)12-4-5-14-13(8-12)16(6-7-21-14)9-11(16)10-19/h4-5,8,11,19H,3,6-7,9-10H2,1-2H3,(H,17,20). The molecule has 0 radical (unpaired) electrons. The number of aliphatic hydroxyl groups is 1. The van der Waals surface area contributed by atoms with Gasteiger partial charge in [0.15, 0.2) is 0 Å². The molecule has 3 rings (SSSR count). The summed E-state index contributed by atoms with van der Waals surface area (Å²) in [7, 11) is 1.64. The van der Waals surface area contributed by atoms with Gasteiger partial charge >= 0.3 is 6.03 Å². The number of anilines is 1. The lowest BCUT2D eigenvalue weighted by molar-refractivity contribution is 0.224. The summed E-state index contributed by atoms with van der Waals surface area (Å²) in [4.78, 5) is 13.7. The van der Waals surface area contributed by atoms with Crippen molar-refractivity contribution < 1.29 is 14.6 Å². The Morgan fingerprint density at radius 3 is 3.00 bits per heavy atom. The van der Waals surface area contributed by atoms with Crippen molar-refractivity contribution in [1.82, 2.24) is 5.32 Å². The SMILES string of the molecule is CCN(C(=O)NC)c1ccc2c(c1)C1(CCO2)CC1CO. The maximum atomic E-state index is 12.0. The van der Waals surface area contributed by atoms with Gasteiger partial charge in [0.1, 0.15) is 5.75 Å². The Hall–Kier alpha value is -1.75. The third-order valence-corrected chi connectivity index (χ3v) is 4.84. The van der Waals surface area contributed by atoms with Crippen LogP contribution >= 0.6 is 0 Å². The van der Waals surface area contributed by atoms with Crippen LogP contribution in [0.4, 0.5) is 10.5 Å². The zero-order valence-corrected chi connectivity index (χ0v) is 12.6. The Balaban J connectivity index is 1.98. The van der Waals surface area contributed by atoms with E-state index in [4.69, 9.17) is 4.74 Å². The zero-order chi connectivity index (χ0) is 15.0. The third kappa shape index (κ3) is 2.16. The number of carbonyl (C=O) groups is 1. The van der Waals surface area contributed by atoms with Crippen LogP contribution in [0.25, 0.3) is 0 Å². The monoisotopic (exact) mass is 290 g/mol. The Bertz CT molecular complexity index is 560. The largest absolute Gasteiger partial charge is 0.493 e. The highest BCUT2D eigenvalue weighted by Crippen LogP contribution is 2.60. The summed E-state index contributed by atoms with van der Waals surface area (Å²) < 4.78 is 5.75. The fourth-order valence-electron chi connectivity index (χ4n) is 3.51. The highest BCUT2D eigenvalue weighted by molar-refractivity contribution is 5.92. The number of rotatable bonds is 3. The Kier molecular flexibility index (Phi) is 3.53. The minimum Gasteiger partial charge on any atom is -0.493 e. The smallest absolute Gasteiger partial charge is 0.321 e. The van der Waals surface area contributed by atoms with E-state index in [1.807, 2.05) is 19.1 Å². The van der Waals surface area contributed by atoms with Crippen molar-refractivity contribution in [3.63, 3.8) is 0 Å². The van der Waals surface area contributed by atoms with Gasteiger partial charge in [0.2, 0.25) is 0 Å². The second-order valence-electron chi connectivity index (χ2n) is 5.82. The van der Waals surface area contributed by atoms with Gasteiger partial charge in [-0.15, -0.1) is 0 Å². The molecular weight excluding hydrogens is 268 g/mol. The van der Waals surface area contributed by atoms with E-state index in [1.54, 1.807) is 11.9 Å². The van der Waals surface area contributed by atoms with Crippen molar-refractivity contribution in [2.24, 2.45) is 5.92 Å². The molecule has 2 atom stereocenters. The summed E-state index contributed by atoms with van der Waals surface area (Å²) in [6.07, 6.45) is 1.95. The van der Waals surface area contributed by atoms with Crippen LogP contribution in [0.1, 0.15) is 25.3 Å². The molecular formula is C16H22N2O3. The predicted octanol–water partition coefficient (Wildman–Crippen LogP) is 1.88. The van der Waals surface area contributed by atoms with Gasteiger partial charge in [0.05, 0.1) is 6.61 Å². The minimum absolute atomic E-state index is 0.0560. The number of fused-ring (bicyclic) bond motifs is 2. The molecule has 1 spiro atoms. The normalized spacial score (nSPS) is 26.0. The summed E-state index contributed by atoms with van der Waals surface area (Å²) >= 11 is 0. The second-order valence-corrected chi connectivity index (χ2v) is 5.82. The van der Waals surface area contributed by atoms with E-state index in [2.05, 4.69) is 11.4 Å². The Labute approximate surface area is 124 Å². The molecule has 1 aromatic rings. The molecule has 1 heterocycles. The van der Waals surface area contributed by atoms with E-state index < -0.39 is 0 Å². The number of hydrogen-bond donors (Lipinski definition) is 2. The van der Waals surface area contributed by atoms with Crippen LogP contribution in [-0.2, 0) is 5.41 Å². The van der Waals surface area contributed by atoms with E-state index in [0.717, 1.165) is 29.8 Å². The molecule has 1 fully saturated rings. The number of carbonyl (C=O) groups excluding carboxylic acids is 1. The molecule has 0 aromatic heterocycles. The highest BCUT2D eigenvalue weighted by atomic mass is 16.5. The van der Waals surface area contributed by atoms with Gasteiger partial charge in [-0.25, -0.2) is 4.79 Å². The van der Waals surface area contributed by atoms with Gasteiger partial charge in [-0.1, -0.05) is 0 Å². The molecule has 114 valence electrons. The first-order valence-corrected chi connectivity index (χ1v) is 7.53. The topological polar surface area (TPSA) is 61.8 Å². The fraction of sp³-hybridized carbons (Fsp3) is 0.562. The van der Waals surface area contributed by atoms with Crippen LogP contribution in [0.2, 0.25) is 0 Å². The Morgan fingerprint density at radius 2 is 2.38 bits per heavy atom. The average Bonchev–Trinajstić information content (AvgIpc) is 3.22. The van der Waals surface area contributed by atoms with E-state index in [1.165, 1.54) is 0 Å². The number of nitrogens with one attached hydrogen (secondary N) is 1. The van der Waals surface area contributed by atoms with E-state index in [-0.39, 0.29) is 18.1 Å². The lowest BCUT2D eigenvalue weighted by Gasteiger charge is -2.29. The minimum atomic E-state index is -0.113. The first kappa shape index (κ1) is 14.2.